The number of fused-ring (bicyclic) bond motifs is 3. The molecule has 0 aliphatic carbocycles. The van der Waals surface area contributed by atoms with Gasteiger partial charge in [0.2, 0.25) is 0 Å². The summed E-state index contributed by atoms with van der Waals surface area (Å²) in [6, 6.07) is 17.1. The van der Waals surface area contributed by atoms with E-state index in [4.69, 9.17) is 0 Å². The van der Waals surface area contributed by atoms with Crippen LogP contribution < -0.4 is 10.6 Å². The quantitative estimate of drug-likeness (QED) is 0.568. The minimum absolute atomic E-state index is 0.0713. The fraction of sp³-hybridized carbons (Fsp3) is 0.136. The van der Waals surface area contributed by atoms with E-state index < -0.39 is 0 Å². The van der Waals surface area contributed by atoms with Crippen LogP contribution in [0.4, 0.5) is 5.69 Å². The second-order valence-electron chi connectivity index (χ2n) is 7.03. The first-order chi connectivity index (χ1) is 14.2. The third kappa shape index (κ3) is 3.16. The second kappa shape index (κ2) is 6.94. The van der Waals surface area contributed by atoms with Gasteiger partial charge in [0.15, 0.2) is 0 Å². The number of benzene rings is 2. The van der Waals surface area contributed by atoms with Gasteiger partial charge in [-0.3, -0.25) is 9.59 Å². The van der Waals surface area contributed by atoms with Gasteiger partial charge in [0.1, 0.15) is 5.69 Å². The number of carbonyl (C=O) groups is 2. The van der Waals surface area contributed by atoms with Crippen molar-refractivity contribution >= 4 is 28.4 Å². The lowest BCUT2D eigenvalue weighted by molar-refractivity contribution is 0.0950. The molecule has 0 radical (unpaired) electrons. The molecule has 1 aliphatic heterocycles. The van der Waals surface area contributed by atoms with Crippen LogP contribution in [0.2, 0.25) is 0 Å². The lowest BCUT2D eigenvalue weighted by Gasteiger charge is -2.07. The van der Waals surface area contributed by atoms with E-state index in [2.05, 4.69) is 15.7 Å². The van der Waals surface area contributed by atoms with Crippen LogP contribution in [0.3, 0.4) is 0 Å². The highest BCUT2D eigenvalue weighted by Crippen LogP contribution is 2.24. The first-order valence-electron chi connectivity index (χ1n) is 9.52. The predicted octanol–water partition coefficient (Wildman–Crippen LogP) is 3.21. The van der Waals surface area contributed by atoms with E-state index in [9.17, 15) is 9.59 Å². The number of amides is 2. The molecule has 0 saturated heterocycles. The fourth-order valence-corrected chi connectivity index (χ4v) is 3.67. The molecule has 0 unspecified atom stereocenters. The Balaban J connectivity index is 1.42. The highest BCUT2D eigenvalue weighted by molar-refractivity contribution is 6.07. The van der Waals surface area contributed by atoms with Gasteiger partial charge in [-0.15, -0.1) is 0 Å². The van der Waals surface area contributed by atoms with Crippen LogP contribution in [0, 0.1) is 0 Å². The molecule has 0 saturated carbocycles. The average Bonchev–Trinajstić information content (AvgIpc) is 3.31. The van der Waals surface area contributed by atoms with Crippen LogP contribution in [-0.2, 0) is 6.54 Å². The summed E-state index contributed by atoms with van der Waals surface area (Å²) < 4.78 is 3.70. The molecule has 0 fully saturated rings. The normalized spacial score (nSPS) is 13.6. The van der Waals surface area contributed by atoms with Gasteiger partial charge in [-0.2, -0.15) is 5.10 Å². The van der Waals surface area contributed by atoms with E-state index in [1.54, 1.807) is 23.1 Å². The lowest BCUT2D eigenvalue weighted by Crippen LogP contribution is -2.22. The molecule has 2 amide bonds. The molecule has 29 heavy (non-hydrogen) atoms. The van der Waals surface area contributed by atoms with E-state index in [0.717, 1.165) is 29.6 Å². The molecule has 2 aromatic heterocycles. The molecule has 0 spiro atoms. The Hall–Kier alpha value is -3.87. The highest BCUT2D eigenvalue weighted by Gasteiger charge is 2.19. The summed E-state index contributed by atoms with van der Waals surface area (Å²) >= 11 is 0. The zero-order valence-corrected chi connectivity index (χ0v) is 15.6. The van der Waals surface area contributed by atoms with Crippen molar-refractivity contribution in [1.29, 1.82) is 0 Å². The summed E-state index contributed by atoms with van der Waals surface area (Å²) in [5, 5.41) is 11.0. The number of aryl methyl sites for hydroxylation is 1. The van der Waals surface area contributed by atoms with Crippen molar-refractivity contribution < 1.29 is 9.59 Å². The van der Waals surface area contributed by atoms with E-state index in [0.29, 0.717) is 23.5 Å². The van der Waals surface area contributed by atoms with E-state index in [-0.39, 0.29) is 11.8 Å². The Morgan fingerprint density at radius 3 is 2.83 bits per heavy atom. The number of hydrogen-bond acceptors (Lipinski definition) is 3. The molecular formula is C22H19N5O2. The van der Waals surface area contributed by atoms with Crippen molar-refractivity contribution in [3.63, 3.8) is 0 Å². The number of nitrogens with one attached hydrogen (secondary N) is 2. The summed E-state index contributed by atoms with van der Waals surface area (Å²) in [6.45, 7) is 1.40. The molecule has 5 rings (SSSR count). The predicted molar refractivity (Wildman–Crippen MR) is 110 cm³/mol. The standard InChI is InChI=1S/C22H19N5O2/c28-21(25-17-13-24-27(14-17)18-5-2-1-3-6-18)16-8-7-15-11-20-22(29)23-9-4-10-26(20)19(15)12-16/h1-3,5-8,11-14H,4,9-10H2,(H,23,29)(H,25,28). The molecule has 1 aliphatic rings. The highest BCUT2D eigenvalue weighted by atomic mass is 16.2. The first-order valence-corrected chi connectivity index (χ1v) is 9.52. The average molecular weight is 385 g/mol. The van der Waals surface area contributed by atoms with Gasteiger partial charge >= 0.3 is 0 Å². The maximum Gasteiger partial charge on any atom is 0.267 e. The van der Waals surface area contributed by atoms with E-state index >= 15 is 0 Å². The zero-order valence-electron chi connectivity index (χ0n) is 15.6. The van der Waals surface area contributed by atoms with Gasteiger partial charge in [0, 0.05) is 29.6 Å². The van der Waals surface area contributed by atoms with Gasteiger partial charge in [-0.05, 0) is 36.8 Å². The zero-order chi connectivity index (χ0) is 19.8. The smallest absolute Gasteiger partial charge is 0.267 e. The Morgan fingerprint density at radius 1 is 1.10 bits per heavy atom. The van der Waals surface area contributed by atoms with Crippen LogP contribution in [0.5, 0.6) is 0 Å². The molecule has 2 N–H and O–H groups in total. The minimum Gasteiger partial charge on any atom is -0.351 e. The van der Waals surface area contributed by atoms with Crippen molar-refractivity contribution in [2.75, 3.05) is 11.9 Å². The van der Waals surface area contributed by atoms with E-state index in [1.807, 2.05) is 53.1 Å². The second-order valence-corrected chi connectivity index (χ2v) is 7.03. The monoisotopic (exact) mass is 385 g/mol. The molecule has 0 atom stereocenters. The van der Waals surface area contributed by atoms with Crippen LogP contribution >= 0.6 is 0 Å². The minimum atomic E-state index is -0.215. The van der Waals surface area contributed by atoms with Gasteiger partial charge in [-0.1, -0.05) is 24.3 Å². The Morgan fingerprint density at radius 2 is 1.97 bits per heavy atom. The molecule has 7 heteroatoms. The number of rotatable bonds is 3. The number of anilines is 1. The van der Waals surface area contributed by atoms with Crippen LogP contribution in [0.15, 0.2) is 67.0 Å². The molecule has 3 heterocycles. The van der Waals surface area contributed by atoms with E-state index in [1.165, 1.54) is 0 Å². The Kier molecular flexibility index (Phi) is 4.13. The maximum absolute atomic E-state index is 12.8. The SMILES string of the molecule is O=C(Nc1cnn(-c2ccccc2)c1)c1ccc2cc3n(c2c1)CCCNC3=O. The van der Waals surface area contributed by atoms with Crippen molar-refractivity contribution in [2.24, 2.45) is 0 Å². The fourth-order valence-electron chi connectivity index (χ4n) is 3.67. The maximum atomic E-state index is 12.8. The van der Waals surface area contributed by atoms with Gasteiger partial charge in [0.25, 0.3) is 11.8 Å². The Bertz CT molecular complexity index is 1220. The summed E-state index contributed by atoms with van der Waals surface area (Å²) in [4.78, 5) is 25.0. The molecule has 0 bridgehead atoms. The molecule has 2 aromatic carbocycles. The summed E-state index contributed by atoms with van der Waals surface area (Å²) in [5.74, 6) is -0.286. The van der Waals surface area contributed by atoms with Gasteiger partial charge in [-0.25, -0.2) is 4.68 Å². The van der Waals surface area contributed by atoms with Crippen molar-refractivity contribution in [1.82, 2.24) is 19.7 Å². The molecule has 144 valence electrons. The number of aromatic nitrogens is 3. The van der Waals surface area contributed by atoms with Crippen LogP contribution in [0.1, 0.15) is 27.3 Å². The first kappa shape index (κ1) is 17.2. The third-order valence-corrected chi connectivity index (χ3v) is 5.10. The van der Waals surface area contributed by atoms with Crippen LogP contribution in [-0.4, -0.2) is 32.7 Å². The Labute approximate surface area is 166 Å². The summed E-state index contributed by atoms with van der Waals surface area (Å²) in [5.41, 5.74) is 3.61. The molecule has 4 aromatic rings. The molecular weight excluding hydrogens is 366 g/mol. The van der Waals surface area contributed by atoms with Crippen molar-refractivity contribution in [3.8, 4) is 5.69 Å². The van der Waals surface area contributed by atoms with Crippen molar-refractivity contribution in [2.45, 2.75) is 13.0 Å². The van der Waals surface area contributed by atoms with Crippen LogP contribution in [0.25, 0.3) is 16.6 Å². The number of hydrogen-bond donors (Lipinski definition) is 2. The third-order valence-electron chi connectivity index (χ3n) is 5.10. The van der Waals surface area contributed by atoms with Gasteiger partial charge in [0.05, 0.1) is 23.8 Å². The number of nitrogens with zero attached hydrogens (tertiary/aromatic N) is 3. The number of para-hydroxylation sites is 1. The summed E-state index contributed by atoms with van der Waals surface area (Å²) in [6.07, 6.45) is 4.26. The van der Waals surface area contributed by atoms with Gasteiger partial charge < -0.3 is 15.2 Å². The van der Waals surface area contributed by atoms with Crippen molar-refractivity contribution in [3.05, 3.63) is 78.2 Å². The largest absolute Gasteiger partial charge is 0.351 e. The molecule has 7 nitrogen and oxygen atoms in total. The summed E-state index contributed by atoms with van der Waals surface area (Å²) in [7, 11) is 0. The topological polar surface area (TPSA) is 81.0 Å². The lowest BCUT2D eigenvalue weighted by atomic mass is 10.1. The number of carbonyl (C=O) groups excluding carboxylic acids is 2.